The highest BCUT2D eigenvalue weighted by atomic mass is 16.5. The first-order valence-electron chi connectivity index (χ1n) is 4.28. The van der Waals surface area contributed by atoms with Gasteiger partial charge in [0.2, 0.25) is 0 Å². The van der Waals surface area contributed by atoms with E-state index in [2.05, 4.69) is 26.6 Å². The van der Waals surface area contributed by atoms with Gasteiger partial charge in [-0.25, -0.2) is 9.89 Å². The van der Waals surface area contributed by atoms with Crippen molar-refractivity contribution in [3.05, 3.63) is 40.5 Å². The topological polar surface area (TPSA) is 96.4 Å². The van der Waals surface area contributed by atoms with Gasteiger partial charge in [0.1, 0.15) is 5.70 Å². The van der Waals surface area contributed by atoms with E-state index in [-0.39, 0.29) is 11.4 Å². The van der Waals surface area contributed by atoms with Crippen LogP contribution in [0.2, 0.25) is 0 Å². The van der Waals surface area contributed by atoms with Crippen molar-refractivity contribution in [2.75, 3.05) is 0 Å². The minimum Gasteiger partial charge on any atom is -0.416 e. The van der Waals surface area contributed by atoms with Gasteiger partial charge < -0.3 is 4.74 Å². The SMILES string of the molecule is O=C(Oc1ccn[nH]c1=O)C1=CC=C=NN1. The number of aromatic amines is 1. The third kappa shape index (κ3) is 2.05. The Morgan fingerprint density at radius 3 is 3.06 bits per heavy atom. The number of carbonyl (C=O) groups is 1. The van der Waals surface area contributed by atoms with E-state index in [0.29, 0.717) is 0 Å². The Kier molecular flexibility index (Phi) is 2.62. The summed E-state index contributed by atoms with van der Waals surface area (Å²) in [7, 11) is 0. The normalized spacial score (nSPS) is 12.9. The summed E-state index contributed by atoms with van der Waals surface area (Å²) >= 11 is 0. The fraction of sp³-hybridized carbons (Fsp3) is 0. The molecule has 0 bridgehead atoms. The molecule has 0 saturated heterocycles. The van der Waals surface area contributed by atoms with Crippen molar-refractivity contribution in [2.24, 2.45) is 5.10 Å². The van der Waals surface area contributed by atoms with Crippen molar-refractivity contribution in [2.45, 2.75) is 0 Å². The van der Waals surface area contributed by atoms with Gasteiger partial charge >= 0.3 is 11.5 Å². The summed E-state index contributed by atoms with van der Waals surface area (Å²) in [6.07, 6.45) is 4.19. The first-order chi connectivity index (χ1) is 7.77. The zero-order chi connectivity index (χ0) is 11.4. The van der Waals surface area contributed by atoms with Crippen LogP contribution in [0.4, 0.5) is 0 Å². The first kappa shape index (κ1) is 9.88. The molecule has 0 fully saturated rings. The standard InChI is InChI=1S/C9H6N4O3/c14-8-7(3-5-11-13-8)16-9(15)6-2-1-4-10-12-6/h1-3,5,12H,(H,13,14). The number of carbonyl (C=O) groups excluding carboxylic acids is 1. The third-order valence-electron chi connectivity index (χ3n) is 1.68. The fourth-order valence-electron chi connectivity index (χ4n) is 0.968. The summed E-state index contributed by atoms with van der Waals surface area (Å²) in [6, 6.07) is 1.29. The summed E-state index contributed by atoms with van der Waals surface area (Å²) in [4.78, 5) is 22.6. The lowest BCUT2D eigenvalue weighted by molar-refractivity contribution is -0.130. The van der Waals surface area contributed by atoms with Gasteiger partial charge in [0.15, 0.2) is 5.75 Å². The summed E-state index contributed by atoms with van der Waals surface area (Å²) in [5.41, 5.74) is 1.94. The number of ether oxygens (including phenoxy) is 1. The number of allylic oxidation sites excluding steroid dienone is 2. The van der Waals surface area contributed by atoms with Crippen LogP contribution in [0.1, 0.15) is 0 Å². The second kappa shape index (κ2) is 4.24. The average molecular weight is 218 g/mol. The van der Waals surface area contributed by atoms with Crippen LogP contribution >= 0.6 is 0 Å². The van der Waals surface area contributed by atoms with Gasteiger partial charge in [-0.2, -0.15) is 5.10 Å². The van der Waals surface area contributed by atoms with Crippen LogP contribution in [-0.4, -0.2) is 22.0 Å². The molecule has 1 aliphatic rings. The van der Waals surface area contributed by atoms with E-state index >= 15 is 0 Å². The summed E-state index contributed by atoms with van der Waals surface area (Å²) < 4.78 is 4.82. The maximum atomic E-state index is 11.5. The number of hydrogen-bond acceptors (Lipinski definition) is 6. The number of H-pyrrole nitrogens is 1. The van der Waals surface area contributed by atoms with Gasteiger partial charge in [-0.3, -0.25) is 10.2 Å². The molecule has 0 amide bonds. The molecule has 7 heteroatoms. The van der Waals surface area contributed by atoms with E-state index < -0.39 is 11.5 Å². The van der Waals surface area contributed by atoms with Crippen molar-refractivity contribution in [1.29, 1.82) is 0 Å². The molecule has 0 unspecified atom stereocenters. The second-order valence-electron chi connectivity index (χ2n) is 2.74. The van der Waals surface area contributed by atoms with Crippen LogP contribution in [0.15, 0.2) is 40.0 Å². The Hall–Kier alpha value is -2.66. The van der Waals surface area contributed by atoms with Crippen molar-refractivity contribution in [3.63, 3.8) is 0 Å². The number of aromatic nitrogens is 2. The van der Waals surface area contributed by atoms with E-state index in [4.69, 9.17) is 4.74 Å². The lowest BCUT2D eigenvalue weighted by atomic mass is 10.4. The molecule has 2 rings (SSSR count). The molecule has 1 aromatic rings. The predicted octanol–water partition coefficient (Wildman–Crippen LogP) is -0.697. The highest BCUT2D eigenvalue weighted by molar-refractivity contribution is 5.90. The molecule has 2 heterocycles. The van der Waals surface area contributed by atoms with Crippen LogP contribution in [0.25, 0.3) is 0 Å². The van der Waals surface area contributed by atoms with Gasteiger partial charge in [0.05, 0.1) is 6.20 Å². The van der Waals surface area contributed by atoms with Crippen LogP contribution in [0.3, 0.4) is 0 Å². The van der Waals surface area contributed by atoms with Crippen LogP contribution in [0.5, 0.6) is 5.75 Å². The zero-order valence-corrected chi connectivity index (χ0v) is 7.93. The number of nitrogens with zero attached hydrogens (tertiary/aromatic N) is 2. The molecule has 0 aliphatic carbocycles. The van der Waals surface area contributed by atoms with Crippen LogP contribution < -0.4 is 15.7 Å². The number of esters is 1. The minimum atomic E-state index is -0.710. The first-order valence-corrected chi connectivity index (χ1v) is 4.28. The Bertz CT molecular complexity index is 566. The molecule has 0 radical (unpaired) electrons. The molecule has 80 valence electrons. The maximum absolute atomic E-state index is 11.5. The predicted molar refractivity (Wildman–Crippen MR) is 53.7 cm³/mol. The second-order valence-corrected chi connectivity index (χ2v) is 2.74. The molecule has 0 aromatic carbocycles. The van der Waals surface area contributed by atoms with Crippen molar-refractivity contribution in [3.8, 4) is 5.75 Å². The Morgan fingerprint density at radius 2 is 2.38 bits per heavy atom. The lowest BCUT2D eigenvalue weighted by Crippen LogP contribution is -2.24. The quantitative estimate of drug-likeness (QED) is 0.640. The molecule has 2 N–H and O–H groups in total. The molecule has 1 aromatic heterocycles. The molecule has 0 saturated carbocycles. The van der Waals surface area contributed by atoms with E-state index in [1.807, 2.05) is 0 Å². The van der Waals surface area contributed by atoms with Crippen molar-refractivity contribution in [1.82, 2.24) is 15.6 Å². The Balaban J connectivity index is 2.15. The van der Waals surface area contributed by atoms with Gasteiger partial charge in [0, 0.05) is 18.0 Å². The zero-order valence-electron chi connectivity index (χ0n) is 7.93. The van der Waals surface area contributed by atoms with Gasteiger partial charge in [-0.1, -0.05) is 0 Å². The highest BCUT2D eigenvalue weighted by Gasteiger charge is 2.13. The lowest BCUT2D eigenvalue weighted by Gasteiger charge is -2.06. The van der Waals surface area contributed by atoms with Crippen molar-refractivity contribution < 1.29 is 9.53 Å². The van der Waals surface area contributed by atoms with Gasteiger partial charge in [0.25, 0.3) is 0 Å². The van der Waals surface area contributed by atoms with Crippen LogP contribution in [-0.2, 0) is 4.79 Å². The fourth-order valence-corrected chi connectivity index (χ4v) is 0.968. The minimum absolute atomic E-state index is 0.120. The summed E-state index contributed by atoms with van der Waals surface area (Å²) in [6.45, 7) is 0. The molecule has 16 heavy (non-hydrogen) atoms. The smallest absolute Gasteiger partial charge is 0.361 e. The third-order valence-corrected chi connectivity index (χ3v) is 1.68. The van der Waals surface area contributed by atoms with Crippen LogP contribution in [0, 0.1) is 0 Å². The molecule has 7 nitrogen and oxygen atoms in total. The average Bonchev–Trinajstić information content (AvgIpc) is 2.33. The van der Waals surface area contributed by atoms with E-state index in [0.717, 1.165) is 0 Å². The molecular formula is C9H6N4O3. The number of nitrogens with one attached hydrogen (secondary N) is 2. The number of rotatable bonds is 2. The monoisotopic (exact) mass is 218 g/mol. The Labute approximate surface area is 89.1 Å². The highest BCUT2D eigenvalue weighted by Crippen LogP contribution is 2.03. The Morgan fingerprint density at radius 1 is 1.50 bits per heavy atom. The number of hydrogen-bond donors (Lipinski definition) is 2. The summed E-state index contributed by atoms with van der Waals surface area (Å²) in [5.74, 6) is 1.64. The van der Waals surface area contributed by atoms with Crippen molar-refractivity contribution >= 4 is 11.8 Å². The van der Waals surface area contributed by atoms with E-state index in [1.165, 1.54) is 24.4 Å². The van der Waals surface area contributed by atoms with E-state index in [1.54, 1.807) is 0 Å². The molecular weight excluding hydrogens is 212 g/mol. The van der Waals surface area contributed by atoms with Gasteiger partial charge in [-0.15, -0.1) is 5.10 Å². The van der Waals surface area contributed by atoms with E-state index in [9.17, 15) is 9.59 Å². The molecule has 0 atom stereocenters. The molecule has 0 spiro atoms. The number of hydrazone groups is 1. The van der Waals surface area contributed by atoms with Gasteiger partial charge in [-0.05, 0) is 6.08 Å². The summed E-state index contributed by atoms with van der Waals surface area (Å²) in [5, 5.41) is 9.13. The largest absolute Gasteiger partial charge is 0.416 e. The maximum Gasteiger partial charge on any atom is 0.361 e. The molecule has 1 aliphatic heterocycles.